The molecule has 1 saturated carbocycles. The third kappa shape index (κ3) is 4.40. The molecule has 1 aromatic carbocycles. The van der Waals surface area contributed by atoms with Crippen LogP contribution < -0.4 is 10.2 Å². The van der Waals surface area contributed by atoms with Crippen molar-refractivity contribution in [3.05, 3.63) is 47.3 Å². The van der Waals surface area contributed by atoms with Gasteiger partial charge in [0.25, 0.3) is 0 Å². The number of rotatable bonds is 7. The van der Waals surface area contributed by atoms with Crippen molar-refractivity contribution in [3.8, 4) is 0 Å². The van der Waals surface area contributed by atoms with Gasteiger partial charge in [-0.2, -0.15) is 5.10 Å². The van der Waals surface area contributed by atoms with Gasteiger partial charge in [-0.25, -0.2) is 0 Å². The fourth-order valence-electron chi connectivity index (χ4n) is 6.25. The quantitative estimate of drug-likeness (QED) is 0.730. The molecule has 1 unspecified atom stereocenters. The van der Waals surface area contributed by atoms with Crippen LogP contribution in [0.1, 0.15) is 67.3 Å². The number of benzene rings is 1. The molecule has 1 aliphatic carbocycles. The van der Waals surface area contributed by atoms with E-state index in [0.29, 0.717) is 17.9 Å². The third-order valence-corrected chi connectivity index (χ3v) is 8.13. The first-order valence-corrected chi connectivity index (χ1v) is 12.3. The number of hydrogen-bond acceptors (Lipinski definition) is 4. The van der Waals surface area contributed by atoms with Gasteiger partial charge in [0.05, 0.1) is 5.69 Å². The van der Waals surface area contributed by atoms with Crippen molar-refractivity contribution < 1.29 is 0 Å². The Morgan fingerprint density at radius 2 is 1.87 bits per heavy atom. The molecule has 6 rings (SSSR count). The molecule has 2 bridgehead atoms. The smallest absolute Gasteiger partial charge is 0.0658 e. The summed E-state index contributed by atoms with van der Waals surface area (Å²) >= 11 is 0. The van der Waals surface area contributed by atoms with Crippen molar-refractivity contribution >= 4 is 5.69 Å². The molecule has 4 aliphatic rings. The summed E-state index contributed by atoms with van der Waals surface area (Å²) in [5.74, 6) is 2.18. The molecule has 5 heteroatoms. The lowest BCUT2D eigenvalue weighted by Crippen LogP contribution is -2.55. The van der Waals surface area contributed by atoms with Crippen molar-refractivity contribution in [3.63, 3.8) is 0 Å². The van der Waals surface area contributed by atoms with Crippen LogP contribution in [-0.4, -0.2) is 54.5 Å². The number of aryl methyl sites for hydroxylation is 1. The highest BCUT2D eigenvalue weighted by Crippen LogP contribution is 2.43. The third-order valence-electron chi connectivity index (χ3n) is 8.13. The highest BCUT2D eigenvalue weighted by molar-refractivity contribution is 5.45. The van der Waals surface area contributed by atoms with Crippen molar-refractivity contribution in [1.29, 1.82) is 0 Å². The van der Waals surface area contributed by atoms with E-state index in [-0.39, 0.29) is 0 Å². The van der Waals surface area contributed by atoms with E-state index in [4.69, 9.17) is 5.10 Å². The highest BCUT2D eigenvalue weighted by Gasteiger charge is 2.41. The molecule has 3 aliphatic heterocycles. The van der Waals surface area contributed by atoms with E-state index in [2.05, 4.69) is 71.3 Å². The van der Waals surface area contributed by atoms with Crippen molar-refractivity contribution in [1.82, 2.24) is 20.0 Å². The molecule has 0 spiro atoms. The van der Waals surface area contributed by atoms with Gasteiger partial charge in [-0.15, -0.1) is 0 Å². The fraction of sp³-hybridized carbons (Fsp3) is 0.654. The lowest BCUT2D eigenvalue weighted by Gasteiger charge is -2.50. The average Bonchev–Trinajstić information content (AvgIpc) is 3.44. The van der Waals surface area contributed by atoms with Crippen LogP contribution in [-0.2, 0) is 13.6 Å². The molecule has 2 aromatic rings. The summed E-state index contributed by atoms with van der Waals surface area (Å²) in [6.45, 7) is 4.52. The number of anilines is 1. The molecule has 0 radical (unpaired) electrons. The maximum Gasteiger partial charge on any atom is 0.0658 e. The molecule has 5 nitrogen and oxygen atoms in total. The maximum atomic E-state index is 4.95. The Morgan fingerprint density at radius 3 is 2.55 bits per heavy atom. The minimum Gasteiger partial charge on any atom is -0.378 e. The first kappa shape index (κ1) is 21.0. The van der Waals surface area contributed by atoms with Crippen LogP contribution in [0.3, 0.4) is 0 Å². The van der Waals surface area contributed by atoms with E-state index < -0.39 is 0 Å². The second-order valence-corrected chi connectivity index (χ2v) is 10.3. The summed E-state index contributed by atoms with van der Waals surface area (Å²) in [5.41, 5.74) is 5.49. The number of nitrogens with one attached hydrogen (secondary N) is 1. The molecular formula is C26H39N5. The van der Waals surface area contributed by atoms with E-state index >= 15 is 0 Å². The second kappa shape index (κ2) is 8.95. The molecule has 4 atom stereocenters. The Hall–Kier alpha value is -1.85. The molecule has 4 fully saturated rings. The molecule has 168 valence electrons. The lowest BCUT2D eigenvalue weighted by molar-refractivity contribution is 0.0282. The van der Waals surface area contributed by atoms with Gasteiger partial charge in [-0.3, -0.25) is 9.58 Å². The molecular weight excluding hydrogens is 382 g/mol. The van der Waals surface area contributed by atoms with Gasteiger partial charge in [-0.1, -0.05) is 25.0 Å². The molecule has 0 amide bonds. The molecule has 4 heterocycles. The van der Waals surface area contributed by atoms with E-state index in [1.54, 1.807) is 0 Å². The number of hydrogen-bond donors (Lipinski definition) is 1. The van der Waals surface area contributed by atoms with Gasteiger partial charge in [0.15, 0.2) is 0 Å². The minimum absolute atomic E-state index is 0.663. The predicted octanol–water partition coefficient (Wildman–Crippen LogP) is 4.11. The van der Waals surface area contributed by atoms with Gasteiger partial charge in [0.2, 0.25) is 0 Å². The molecule has 1 aromatic heterocycles. The van der Waals surface area contributed by atoms with Gasteiger partial charge < -0.3 is 10.2 Å². The van der Waals surface area contributed by atoms with E-state index in [1.807, 2.05) is 0 Å². The van der Waals surface area contributed by atoms with E-state index in [9.17, 15) is 0 Å². The van der Waals surface area contributed by atoms with Crippen LogP contribution in [0.25, 0.3) is 0 Å². The summed E-state index contributed by atoms with van der Waals surface area (Å²) in [7, 11) is 6.36. The average molecular weight is 422 g/mol. The van der Waals surface area contributed by atoms with Crippen molar-refractivity contribution in [2.24, 2.45) is 13.0 Å². The predicted molar refractivity (Wildman–Crippen MR) is 128 cm³/mol. The molecule has 1 N–H and O–H groups in total. The Labute approximate surface area is 187 Å². The first-order valence-electron chi connectivity index (χ1n) is 12.3. The second-order valence-electron chi connectivity index (χ2n) is 10.3. The fourth-order valence-corrected chi connectivity index (χ4v) is 6.25. The Kier molecular flexibility index (Phi) is 6.07. The van der Waals surface area contributed by atoms with Crippen LogP contribution >= 0.6 is 0 Å². The normalized spacial score (nSPS) is 28.4. The minimum atomic E-state index is 0.663. The zero-order chi connectivity index (χ0) is 21.4. The van der Waals surface area contributed by atoms with Gasteiger partial charge >= 0.3 is 0 Å². The van der Waals surface area contributed by atoms with Crippen molar-refractivity contribution in [2.75, 3.05) is 38.6 Å². The van der Waals surface area contributed by atoms with Crippen LogP contribution in [0, 0.1) is 5.92 Å². The SMILES string of the molecule is CN(C)c1ccc(CNC[C@H]2C[C@@H]3CCN2C[C@@H]3c2cc(C3CCCC3)nn2C)cc1. The zero-order valence-electron chi connectivity index (χ0n) is 19.6. The number of nitrogens with zero attached hydrogens (tertiary/aromatic N) is 4. The lowest BCUT2D eigenvalue weighted by atomic mass is 9.74. The Morgan fingerprint density at radius 1 is 1.10 bits per heavy atom. The number of aromatic nitrogens is 2. The molecule has 3 saturated heterocycles. The van der Waals surface area contributed by atoms with E-state index in [0.717, 1.165) is 19.0 Å². The van der Waals surface area contributed by atoms with Crippen molar-refractivity contribution in [2.45, 2.75) is 62.9 Å². The van der Waals surface area contributed by atoms with E-state index in [1.165, 1.54) is 74.3 Å². The summed E-state index contributed by atoms with van der Waals surface area (Å²) in [6.07, 6.45) is 8.10. The van der Waals surface area contributed by atoms with Crippen LogP contribution in [0.4, 0.5) is 5.69 Å². The number of fused-ring (bicyclic) bond motifs is 3. The van der Waals surface area contributed by atoms with Crippen LogP contribution in [0.2, 0.25) is 0 Å². The van der Waals surface area contributed by atoms with Crippen LogP contribution in [0.15, 0.2) is 30.3 Å². The largest absolute Gasteiger partial charge is 0.378 e. The van der Waals surface area contributed by atoms with Gasteiger partial charge in [0.1, 0.15) is 0 Å². The van der Waals surface area contributed by atoms with Gasteiger partial charge in [0, 0.05) is 70.0 Å². The Bertz CT molecular complexity index is 864. The first-order chi connectivity index (χ1) is 15.1. The highest BCUT2D eigenvalue weighted by atomic mass is 15.3. The number of piperidine rings is 3. The molecule has 31 heavy (non-hydrogen) atoms. The summed E-state index contributed by atoms with van der Waals surface area (Å²) in [6, 6.07) is 12.1. The standard InChI is InChI=1S/C26H39N5/c1-29(2)22-10-8-19(9-11-22)16-27-17-23-14-21-12-13-31(23)18-24(21)26-15-25(28-30(26)3)20-6-4-5-7-20/h8-11,15,20-21,23-24,27H,4-7,12-14,16-18H2,1-3H3/t21-,23+,24-/m0/s1. The summed E-state index contributed by atoms with van der Waals surface area (Å²) in [5, 5.41) is 8.69. The summed E-state index contributed by atoms with van der Waals surface area (Å²) in [4.78, 5) is 4.90. The maximum absolute atomic E-state index is 4.95. The topological polar surface area (TPSA) is 36.3 Å². The monoisotopic (exact) mass is 421 g/mol. The van der Waals surface area contributed by atoms with Crippen LogP contribution in [0.5, 0.6) is 0 Å². The summed E-state index contributed by atoms with van der Waals surface area (Å²) < 4.78 is 2.21. The van der Waals surface area contributed by atoms with Gasteiger partial charge in [-0.05, 0) is 61.9 Å². The zero-order valence-corrected chi connectivity index (χ0v) is 19.6. The Balaban J connectivity index is 1.17.